The summed E-state index contributed by atoms with van der Waals surface area (Å²) in [6.07, 6.45) is -6.66. The number of aromatic hydroxyl groups is 1. The highest BCUT2D eigenvalue weighted by Crippen LogP contribution is 2.57. The van der Waals surface area contributed by atoms with Gasteiger partial charge in [0.1, 0.15) is 54.7 Å². The Morgan fingerprint density at radius 3 is 2.59 bits per heavy atom. The molecule has 0 aliphatic carbocycles. The van der Waals surface area contributed by atoms with Crippen LogP contribution in [0.15, 0.2) is 42.5 Å². The van der Waals surface area contributed by atoms with Crippen LogP contribution in [0.4, 0.5) is 0 Å². The molecule has 1 fully saturated rings. The summed E-state index contributed by atoms with van der Waals surface area (Å²) in [7, 11) is 0. The number of hydrogen-bond donors (Lipinski definition) is 5. The number of carboxylic acids is 1. The van der Waals surface area contributed by atoms with Gasteiger partial charge in [0.15, 0.2) is 29.6 Å². The number of hydrogen-bond acceptors (Lipinski definition) is 16. The van der Waals surface area contributed by atoms with E-state index >= 15 is 0 Å². The second-order valence-electron chi connectivity index (χ2n) is 14.9. The molecule has 7 atom stereocenters. The van der Waals surface area contributed by atoms with E-state index < -0.39 is 61.8 Å². The van der Waals surface area contributed by atoms with Crippen molar-refractivity contribution < 1.29 is 77.7 Å². The van der Waals surface area contributed by atoms with Crippen LogP contribution in [0.3, 0.4) is 0 Å². The fourth-order valence-corrected chi connectivity index (χ4v) is 7.60. The van der Waals surface area contributed by atoms with Crippen LogP contribution in [0.25, 0.3) is 0 Å². The second kappa shape index (κ2) is 18.4. The number of carboxylic acid groups (broad SMARTS) is 1. The standard InChI is InChI=1S/C41H49NO16/c1-21(2)11-27-36-25(15-31-38(27)54-20-53-31)28-18-51-30-14-23(12-22-5-3-6-24(44)13-22)29(16-26(30)37(28)56-36)57-58-40-35(48)39(49-9-4-8-43)32(55-41(40)50-10-7-42)19-52-34(47)17-33(45)46/h3,5-6,13-16,21,28,32,35,37,39-41,43-44,48H,4,7-12,17-20,42H2,1-2H3,(H,45,46)/t28-,32+,35-,37+,39+,40-,41+/m0/s1. The van der Waals surface area contributed by atoms with E-state index in [1.54, 1.807) is 24.3 Å². The van der Waals surface area contributed by atoms with Crippen molar-refractivity contribution in [1.29, 1.82) is 0 Å². The average Bonchev–Trinajstić information content (AvgIpc) is 3.81. The topological polar surface area (TPSA) is 233 Å². The van der Waals surface area contributed by atoms with Crippen molar-refractivity contribution in [2.75, 3.05) is 46.4 Å². The summed E-state index contributed by atoms with van der Waals surface area (Å²) in [5.74, 6) is 0.729. The molecule has 6 N–H and O–H groups in total. The zero-order valence-corrected chi connectivity index (χ0v) is 32.2. The monoisotopic (exact) mass is 811 g/mol. The Balaban J connectivity index is 1.20. The average molecular weight is 812 g/mol. The van der Waals surface area contributed by atoms with Crippen molar-refractivity contribution in [2.45, 2.75) is 82.3 Å². The Labute approximate surface area is 334 Å². The number of benzene rings is 3. The molecule has 17 heteroatoms. The Morgan fingerprint density at radius 2 is 1.83 bits per heavy atom. The third kappa shape index (κ3) is 9.05. The maximum Gasteiger partial charge on any atom is 0.317 e. The van der Waals surface area contributed by atoms with E-state index in [1.807, 2.05) is 18.2 Å². The van der Waals surface area contributed by atoms with Gasteiger partial charge >= 0.3 is 11.9 Å². The summed E-state index contributed by atoms with van der Waals surface area (Å²) in [5, 5.41) is 40.4. The van der Waals surface area contributed by atoms with Gasteiger partial charge in [0, 0.05) is 48.4 Å². The number of carbonyl (C=O) groups excluding carboxylic acids is 1. The maximum atomic E-state index is 12.1. The summed E-state index contributed by atoms with van der Waals surface area (Å²) in [5.41, 5.74) is 9.70. The highest BCUT2D eigenvalue weighted by molar-refractivity contribution is 5.90. The molecule has 0 unspecified atom stereocenters. The molecule has 314 valence electrons. The van der Waals surface area contributed by atoms with Crippen LogP contribution in [0.2, 0.25) is 0 Å². The van der Waals surface area contributed by atoms with Crippen molar-refractivity contribution in [3.05, 3.63) is 70.3 Å². The van der Waals surface area contributed by atoms with E-state index in [1.165, 1.54) is 0 Å². The summed E-state index contributed by atoms with van der Waals surface area (Å²) in [6, 6.07) is 12.3. The molecular weight excluding hydrogens is 762 g/mol. The molecule has 0 spiro atoms. The molecule has 58 heavy (non-hydrogen) atoms. The highest BCUT2D eigenvalue weighted by atomic mass is 17.2. The molecule has 1 saturated heterocycles. The first-order valence-corrected chi connectivity index (χ1v) is 19.3. The van der Waals surface area contributed by atoms with Gasteiger partial charge < -0.3 is 68.9 Å². The molecule has 4 aliphatic rings. The van der Waals surface area contributed by atoms with Crippen LogP contribution in [0.5, 0.6) is 34.5 Å². The third-order valence-electron chi connectivity index (χ3n) is 10.2. The summed E-state index contributed by atoms with van der Waals surface area (Å²) < 4.78 is 47.9. The number of aliphatic hydroxyl groups excluding tert-OH is 2. The molecule has 4 heterocycles. The number of carbonyl (C=O) groups is 2. The molecule has 3 aromatic rings. The van der Waals surface area contributed by atoms with Crippen molar-refractivity contribution in [3.8, 4) is 34.5 Å². The van der Waals surface area contributed by atoms with E-state index in [9.17, 15) is 24.9 Å². The molecule has 17 nitrogen and oxygen atoms in total. The number of aliphatic hydroxyl groups is 2. The quantitative estimate of drug-likeness (QED) is 0.0408. The predicted molar refractivity (Wildman–Crippen MR) is 200 cm³/mol. The number of nitrogens with two attached hydrogens (primary N) is 1. The Morgan fingerprint density at radius 1 is 0.983 bits per heavy atom. The highest BCUT2D eigenvalue weighted by Gasteiger charge is 2.50. The number of aliphatic carboxylic acids is 1. The van der Waals surface area contributed by atoms with Gasteiger partial charge in [-0.1, -0.05) is 26.0 Å². The maximum absolute atomic E-state index is 12.1. The molecule has 7 rings (SSSR count). The van der Waals surface area contributed by atoms with Crippen LogP contribution >= 0.6 is 0 Å². The Bertz CT molecular complexity index is 1940. The van der Waals surface area contributed by atoms with Crippen LogP contribution in [-0.4, -0.2) is 109 Å². The number of esters is 1. The lowest BCUT2D eigenvalue weighted by molar-refractivity contribution is -0.375. The summed E-state index contributed by atoms with van der Waals surface area (Å²) in [6.45, 7) is 4.11. The lowest BCUT2D eigenvalue weighted by atomic mass is 9.86. The fraction of sp³-hybridized carbons (Fsp3) is 0.512. The second-order valence-corrected chi connectivity index (χ2v) is 14.9. The Hall–Kier alpha value is -4.88. The van der Waals surface area contributed by atoms with Gasteiger partial charge in [-0.05, 0) is 54.7 Å². The molecule has 0 saturated carbocycles. The van der Waals surface area contributed by atoms with E-state index in [2.05, 4.69) is 13.8 Å². The van der Waals surface area contributed by atoms with Crippen molar-refractivity contribution >= 4 is 11.9 Å². The first-order valence-electron chi connectivity index (χ1n) is 19.3. The van der Waals surface area contributed by atoms with Gasteiger partial charge in [-0.3, -0.25) is 9.59 Å². The SMILES string of the molecule is CC(C)Cc1c2c(cc3c1O[C@@H]1c4cc(OO[C@@H]5[C@H](OCCN)O[C@H](COC(=O)CC(=O)O)[C@@H](OCCCO)[C@@H]5O)c(Cc5cccc(O)c5)cc4OC[C@@H]31)OCO2. The number of phenolic OH excluding ortho intramolecular Hbond substituents is 1. The normalized spacial score (nSPS) is 24.0. The summed E-state index contributed by atoms with van der Waals surface area (Å²) >= 11 is 0. The molecule has 0 aromatic heterocycles. The van der Waals surface area contributed by atoms with Gasteiger partial charge in [-0.15, -0.1) is 0 Å². The van der Waals surface area contributed by atoms with Crippen molar-refractivity contribution in [3.63, 3.8) is 0 Å². The summed E-state index contributed by atoms with van der Waals surface area (Å²) in [4.78, 5) is 35.3. The van der Waals surface area contributed by atoms with Gasteiger partial charge in [-0.2, -0.15) is 4.89 Å². The molecule has 0 radical (unpaired) electrons. The van der Waals surface area contributed by atoms with Crippen molar-refractivity contribution in [1.82, 2.24) is 0 Å². The minimum Gasteiger partial charge on any atom is -0.508 e. The number of fused-ring (bicyclic) bond motifs is 6. The molecule has 3 aromatic carbocycles. The largest absolute Gasteiger partial charge is 0.508 e. The van der Waals surface area contributed by atoms with E-state index in [0.29, 0.717) is 47.3 Å². The number of phenols is 1. The molecular formula is C41H49NO16. The molecule has 0 bridgehead atoms. The Kier molecular flexibility index (Phi) is 13.1. The van der Waals surface area contributed by atoms with Gasteiger partial charge in [-0.25, -0.2) is 0 Å². The zero-order valence-electron chi connectivity index (χ0n) is 32.2. The predicted octanol–water partition coefficient (Wildman–Crippen LogP) is 3.05. The minimum absolute atomic E-state index is 0.00693. The minimum atomic E-state index is -1.52. The lowest BCUT2D eigenvalue weighted by Crippen LogP contribution is -2.61. The lowest BCUT2D eigenvalue weighted by Gasteiger charge is -2.42. The van der Waals surface area contributed by atoms with Gasteiger partial charge in [0.25, 0.3) is 0 Å². The van der Waals surface area contributed by atoms with Crippen LogP contribution in [-0.2, 0) is 46.3 Å². The fourth-order valence-electron chi connectivity index (χ4n) is 7.60. The first-order chi connectivity index (χ1) is 28.0. The van der Waals surface area contributed by atoms with Crippen molar-refractivity contribution in [2.24, 2.45) is 11.7 Å². The number of rotatable bonds is 18. The molecule has 4 aliphatic heterocycles. The van der Waals surface area contributed by atoms with Gasteiger partial charge in [0.2, 0.25) is 6.79 Å². The smallest absolute Gasteiger partial charge is 0.317 e. The van der Waals surface area contributed by atoms with Crippen LogP contribution < -0.4 is 29.6 Å². The van der Waals surface area contributed by atoms with Crippen LogP contribution in [0, 0.1) is 5.92 Å². The van der Waals surface area contributed by atoms with Crippen LogP contribution in [0.1, 0.15) is 66.5 Å². The number of ether oxygens (including phenoxy) is 8. The first kappa shape index (κ1) is 41.3. The van der Waals surface area contributed by atoms with E-state index in [-0.39, 0.29) is 63.4 Å². The molecule has 0 amide bonds. The van der Waals surface area contributed by atoms with E-state index in [4.69, 9.17) is 58.5 Å². The van der Waals surface area contributed by atoms with E-state index in [0.717, 1.165) is 22.4 Å². The third-order valence-corrected chi connectivity index (χ3v) is 10.2. The zero-order chi connectivity index (χ0) is 40.9. The van der Waals surface area contributed by atoms with Gasteiger partial charge in [0.05, 0.1) is 19.1 Å².